The van der Waals surface area contributed by atoms with Gasteiger partial charge < -0.3 is 26.0 Å². The molecule has 0 fully saturated rings. The molecule has 50 heavy (non-hydrogen) atoms. The Bertz CT molecular complexity index is 1720. The summed E-state index contributed by atoms with van der Waals surface area (Å²) in [6, 6.07) is 20.5. The summed E-state index contributed by atoms with van der Waals surface area (Å²) in [5, 5.41) is 26.8. The van der Waals surface area contributed by atoms with E-state index >= 15 is 0 Å². The summed E-state index contributed by atoms with van der Waals surface area (Å²) < 4.78 is 77.8. The van der Waals surface area contributed by atoms with Crippen LogP contribution in [0.25, 0.3) is 0 Å². The third kappa shape index (κ3) is 9.41. The molecule has 0 aliphatic rings. The van der Waals surface area contributed by atoms with Gasteiger partial charge in [0.1, 0.15) is 12.3 Å². The minimum absolute atomic E-state index is 0.00255. The Morgan fingerprint density at radius 2 is 1.50 bits per heavy atom. The number of ether oxygens (including phenoxy) is 1. The van der Waals surface area contributed by atoms with Crippen LogP contribution in [0.1, 0.15) is 58.6 Å². The van der Waals surface area contributed by atoms with E-state index in [0.717, 1.165) is 11.4 Å². The van der Waals surface area contributed by atoms with Crippen LogP contribution in [0.5, 0.6) is 0 Å². The number of nitrogens with two attached hydrogens (primary N) is 1. The summed E-state index contributed by atoms with van der Waals surface area (Å²) in [5.74, 6) is -0.809. The molecule has 6 N–H and O–H groups in total. The van der Waals surface area contributed by atoms with E-state index in [1.54, 1.807) is 60.7 Å². The van der Waals surface area contributed by atoms with Crippen molar-refractivity contribution in [3.05, 3.63) is 118 Å². The fourth-order valence-corrected chi connectivity index (χ4v) is 8.54. The average Bonchev–Trinajstić information content (AvgIpc) is 3.58. The summed E-state index contributed by atoms with van der Waals surface area (Å²) in [6.45, 7) is 1.16. The minimum atomic E-state index is -4.94. The molecule has 1 heterocycles. The predicted molar refractivity (Wildman–Crippen MR) is 186 cm³/mol. The number of anilines is 1. The van der Waals surface area contributed by atoms with Crippen molar-refractivity contribution < 1.29 is 41.3 Å². The van der Waals surface area contributed by atoms with Crippen LogP contribution < -0.4 is 16.4 Å². The van der Waals surface area contributed by atoms with Crippen molar-refractivity contribution in [2.24, 2.45) is 0 Å². The Balaban J connectivity index is 1.72. The second-order valence-electron chi connectivity index (χ2n) is 11.5. The highest BCUT2D eigenvalue weighted by atomic mass is 32.2. The molecule has 0 aliphatic heterocycles. The molecule has 0 spiro atoms. The fraction of sp³-hybridized carbons (Fsp3) is 0.343. The van der Waals surface area contributed by atoms with Gasteiger partial charge in [0, 0.05) is 27.9 Å². The van der Waals surface area contributed by atoms with Gasteiger partial charge in [-0.1, -0.05) is 74.0 Å². The largest absolute Gasteiger partial charge is 0.453 e. The van der Waals surface area contributed by atoms with E-state index < -0.39 is 59.2 Å². The van der Waals surface area contributed by atoms with E-state index in [1.807, 2.05) is 6.92 Å². The Hall–Kier alpha value is -3.99. The average molecular weight is 735 g/mol. The second-order valence-corrected chi connectivity index (χ2v) is 14.6. The fourth-order valence-electron chi connectivity index (χ4n) is 5.64. The van der Waals surface area contributed by atoms with Gasteiger partial charge in [0.25, 0.3) is 0 Å². The smallest absolute Gasteiger partial charge is 0.408 e. The lowest BCUT2D eigenvalue weighted by molar-refractivity contribution is -0.166. The molecule has 3 aromatic carbocycles. The number of nitrogens with one attached hydrogen (secondary N) is 2. The number of nitrogen functional groups attached to an aromatic ring is 1. The first kappa shape index (κ1) is 38.8. The van der Waals surface area contributed by atoms with E-state index in [2.05, 4.69) is 10.6 Å². The standard InChI is InChI=1S/C35H41F3N4O6S2/c1-3-4-21-42(50(46,47)26-17-15-25(39)16-18-26)27(22-43)28-19-20-29(49-28)32(35(36,37)38)41-33(44)31(40-34(45)48-2)30(23-11-7-5-8-12-23)24-13-9-6-10-14-24/h5-20,27,30-33,41,43-44H,3-4,21-22,39H2,1-2H3,(H,40,45)/t27-,31+,32-,33?/m1/s1. The van der Waals surface area contributed by atoms with Gasteiger partial charge in [0.2, 0.25) is 10.0 Å². The number of amides is 1. The molecule has 15 heteroatoms. The number of nitrogens with zero attached hydrogens (tertiary/aromatic N) is 1. The summed E-state index contributed by atoms with van der Waals surface area (Å²) in [5.41, 5.74) is 7.32. The maximum atomic E-state index is 14.8. The first-order valence-electron chi connectivity index (χ1n) is 15.8. The minimum Gasteiger partial charge on any atom is -0.453 e. The number of benzene rings is 3. The molecule has 4 aromatic rings. The van der Waals surface area contributed by atoms with Gasteiger partial charge in [-0.2, -0.15) is 17.5 Å². The number of carbonyl (C=O) groups excluding carboxylic acids is 1. The number of methoxy groups -OCH3 is 1. The Morgan fingerprint density at radius 3 is 2.00 bits per heavy atom. The van der Waals surface area contributed by atoms with Crippen LogP contribution in [-0.2, 0) is 14.8 Å². The van der Waals surface area contributed by atoms with Gasteiger partial charge in [-0.05, 0) is 53.9 Å². The van der Waals surface area contributed by atoms with Crippen LogP contribution >= 0.6 is 11.3 Å². The highest BCUT2D eigenvalue weighted by Crippen LogP contribution is 2.41. The number of hydrogen-bond donors (Lipinski definition) is 5. The van der Waals surface area contributed by atoms with Crippen molar-refractivity contribution in [3.8, 4) is 0 Å². The number of rotatable bonds is 16. The molecule has 4 rings (SSSR count). The van der Waals surface area contributed by atoms with E-state index in [1.165, 1.54) is 36.4 Å². The number of carbonyl (C=O) groups is 1. The maximum absolute atomic E-state index is 14.8. The van der Waals surface area contributed by atoms with Crippen LogP contribution in [0.2, 0.25) is 0 Å². The molecule has 0 saturated heterocycles. The third-order valence-corrected chi connectivity index (χ3v) is 11.3. The van der Waals surface area contributed by atoms with Crippen molar-refractivity contribution in [2.75, 3.05) is 26.0 Å². The predicted octanol–water partition coefficient (Wildman–Crippen LogP) is 5.92. The Labute approximate surface area is 293 Å². The molecule has 0 saturated carbocycles. The van der Waals surface area contributed by atoms with E-state index in [-0.39, 0.29) is 21.2 Å². The van der Waals surface area contributed by atoms with Crippen molar-refractivity contribution in [3.63, 3.8) is 0 Å². The normalized spacial score (nSPS) is 14.7. The SMILES string of the molecule is CCCCN([C@H](CO)c1ccc([C@@H](NC(O)[C@@H](NC(=O)OC)C(c2ccccc2)c2ccccc2)C(F)(F)F)s1)S(=O)(=O)c1ccc(N)cc1. The molecule has 1 amide bonds. The van der Waals surface area contributed by atoms with Crippen LogP contribution in [0.15, 0.2) is 102 Å². The lowest BCUT2D eigenvalue weighted by Crippen LogP contribution is -2.55. The third-order valence-electron chi connectivity index (χ3n) is 8.15. The molecule has 0 radical (unpaired) electrons. The van der Waals surface area contributed by atoms with Crippen LogP contribution in [0.4, 0.5) is 23.7 Å². The number of thiophene rings is 1. The summed E-state index contributed by atoms with van der Waals surface area (Å²) in [7, 11) is -3.10. The summed E-state index contributed by atoms with van der Waals surface area (Å²) in [4.78, 5) is 12.3. The lowest BCUT2D eigenvalue weighted by atomic mass is 9.84. The molecule has 0 aliphatic carbocycles. The topological polar surface area (TPSA) is 154 Å². The quantitative estimate of drug-likeness (QED) is 0.0703. The van der Waals surface area contributed by atoms with Crippen LogP contribution in [0.3, 0.4) is 0 Å². The zero-order chi connectivity index (χ0) is 36.5. The van der Waals surface area contributed by atoms with Gasteiger partial charge in [-0.15, -0.1) is 11.3 Å². The van der Waals surface area contributed by atoms with Gasteiger partial charge in [-0.25, -0.2) is 13.2 Å². The molecule has 1 aromatic heterocycles. The highest BCUT2D eigenvalue weighted by Gasteiger charge is 2.45. The number of halogens is 3. The molecule has 1 unspecified atom stereocenters. The molecular weight excluding hydrogens is 694 g/mol. The molecular formula is C35H41F3N4O6S2. The first-order valence-corrected chi connectivity index (χ1v) is 18.1. The zero-order valence-corrected chi connectivity index (χ0v) is 29.1. The van der Waals surface area contributed by atoms with Gasteiger partial charge in [0.15, 0.2) is 0 Å². The highest BCUT2D eigenvalue weighted by molar-refractivity contribution is 7.89. The van der Waals surface area contributed by atoms with E-state index in [0.29, 0.717) is 41.0 Å². The Morgan fingerprint density at radius 1 is 0.940 bits per heavy atom. The van der Waals surface area contributed by atoms with Crippen molar-refractivity contribution in [1.82, 2.24) is 14.9 Å². The number of hydrogen-bond acceptors (Lipinski definition) is 9. The number of unbranched alkanes of at least 4 members (excludes halogenated alkanes) is 1. The lowest BCUT2D eigenvalue weighted by Gasteiger charge is -2.35. The number of alkyl halides is 3. The van der Waals surface area contributed by atoms with Crippen molar-refractivity contribution >= 4 is 33.1 Å². The number of aliphatic hydroxyl groups excluding tert-OH is 2. The van der Waals surface area contributed by atoms with Crippen LogP contribution in [0, 0.1) is 0 Å². The monoisotopic (exact) mass is 734 g/mol. The first-order chi connectivity index (χ1) is 23.8. The van der Waals surface area contributed by atoms with Gasteiger partial charge >= 0.3 is 12.3 Å². The second kappa shape index (κ2) is 17.3. The molecule has 0 bridgehead atoms. The van der Waals surface area contributed by atoms with E-state index in [4.69, 9.17) is 10.5 Å². The van der Waals surface area contributed by atoms with Crippen molar-refractivity contribution in [1.29, 1.82) is 0 Å². The van der Waals surface area contributed by atoms with Crippen LogP contribution in [-0.4, -0.2) is 67.7 Å². The summed E-state index contributed by atoms with van der Waals surface area (Å²) in [6.07, 6.45) is -6.83. The summed E-state index contributed by atoms with van der Waals surface area (Å²) >= 11 is 0.658. The van der Waals surface area contributed by atoms with Gasteiger partial charge in [-0.3, -0.25) is 5.32 Å². The van der Waals surface area contributed by atoms with Crippen molar-refractivity contribution in [2.45, 2.75) is 61.1 Å². The van der Waals surface area contributed by atoms with Gasteiger partial charge in [0.05, 0.1) is 30.7 Å². The zero-order valence-electron chi connectivity index (χ0n) is 27.5. The molecule has 10 nitrogen and oxygen atoms in total. The number of aliphatic hydroxyl groups is 2. The molecule has 270 valence electrons. The molecule has 4 atom stereocenters. The Kier molecular flexibility index (Phi) is 13.4. The number of alkyl carbamates (subject to hydrolysis) is 1. The number of sulfonamides is 1. The van der Waals surface area contributed by atoms with E-state index in [9.17, 15) is 36.6 Å². The maximum Gasteiger partial charge on any atom is 0.408 e.